The normalized spacial score (nSPS) is 14.7. The van der Waals surface area contributed by atoms with Crippen LogP contribution in [0.4, 0.5) is 4.79 Å². The highest BCUT2D eigenvalue weighted by Crippen LogP contribution is 1.95. The number of carbonyl (C=O) groups is 2. The molecule has 1 saturated heterocycles. The summed E-state index contributed by atoms with van der Waals surface area (Å²) in [5.41, 5.74) is 0. The SMILES string of the molecule is COC(C)=O.O=C1OCCCO1. The second kappa shape index (κ2) is 6.45. The van der Waals surface area contributed by atoms with E-state index in [4.69, 9.17) is 0 Å². The molecule has 5 heteroatoms. The molecule has 1 fully saturated rings. The Balaban J connectivity index is 0.000000217. The van der Waals surface area contributed by atoms with Crippen LogP contribution in [0.2, 0.25) is 0 Å². The molecule has 0 N–H and O–H groups in total. The molecule has 1 aliphatic heterocycles. The maximum atomic E-state index is 10.0. The number of carbonyl (C=O) groups excluding carboxylic acids is 2. The highest BCUT2D eigenvalue weighted by atomic mass is 16.7. The second-order valence-electron chi connectivity index (χ2n) is 2.00. The molecule has 0 aromatic carbocycles. The fraction of sp³-hybridized carbons (Fsp3) is 0.714. The number of hydrogen-bond acceptors (Lipinski definition) is 5. The lowest BCUT2D eigenvalue weighted by molar-refractivity contribution is -0.137. The third kappa shape index (κ3) is 6.85. The molecule has 0 unspecified atom stereocenters. The molecule has 1 heterocycles. The number of cyclic esters (lactones) is 2. The molecule has 0 radical (unpaired) electrons. The van der Waals surface area contributed by atoms with Crippen LogP contribution in [-0.4, -0.2) is 32.4 Å². The van der Waals surface area contributed by atoms with E-state index in [1.165, 1.54) is 14.0 Å². The number of rotatable bonds is 0. The fourth-order valence-electron chi connectivity index (χ4n) is 0.412. The van der Waals surface area contributed by atoms with Crippen molar-refractivity contribution in [2.45, 2.75) is 13.3 Å². The van der Waals surface area contributed by atoms with E-state index in [0.717, 1.165) is 6.42 Å². The molecular formula is C7H12O5. The van der Waals surface area contributed by atoms with Crippen molar-refractivity contribution in [1.29, 1.82) is 0 Å². The van der Waals surface area contributed by atoms with Gasteiger partial charge in [0, 0.05) is 13.3 Å². The minimum atomic E-state index is -0.536. The lowest BCUT2D eigenvalue weighted by Crippen LogP contribution is -2.16. The summed E-state index contributed by atoms with van der Waals surface area (Å²) in [6.07, 6.45) is 0.289. The second-order valence-corrected chi connectivity index (χ2v) is 2.00. The van der Waals surface area contributed by atoms with Gasteiger partial charge in [0.15, 0.2) is 0 Å². The lowest BCUT2D eigenvalue weighted by atomic mass is 10.5. The molecule has 0 amide bonds. The monoisotopic (exact) mass is 176 g/mol. The molecule has 0 spiro atoms. The van der Waals surface area contributed by atoms with Gasteiger partial charge in [-0.05, 0) is 0 Å². The lowest BCUT2D eigenvalue weighted by Gasteiger charge is -2.09. The molecule has 70 valence electrons. The van der Waals surface area contributed by atoms with E-state index in [9.17, 15) is 9.59 Å². The summed E-state index contributed by atoms with van der Waals surface area (Å²) in [5, 5.41) is 0. The van der Waals surface area contributed by atoms with Crippen LogP contribution < -0.4 is 0 Å². The van der Waals surface area contributed by atoms with Gasteiger partial charge < -0.3 is 14.2 Å². The van der Waals surface area contributed by atoms with Gasteiger partial charge in [-0.2, -0.15) is 0 Å². The van der Waals surface area contributed by atoms with Gasteiger partial charge in [0.2, 0.25) is 0 Å². The van der Waals surface area contributed by atoms with Crippen LogP contribution in [0.15, 0.2) is 0 Å². The van der Waals surface area contributed by atoms with Crippen molar-refractivity contribution in [2.75, 3.05) is 20.3 Å². The summed E-state index contributed by atoms with van der Waals surface area (Å²) < 4.78 is 12.9. The highest BCUT2D eigenvalue weighted by Gasteiger charge is 2.07. The van der Waals surface area contributed by atoms with Gasteiger partial charge in [0.1, 0.15) is 0 Å². The van der Waals surface area contributed by atoms with Crippen molar-refractivity contribution in [1.82, 2.24) is 0 Å². The summed E-state index contributed by atoms with van der Waals surface area (Å²) in [6, 6.07) is 0. The predicted molar refractivity (Wildman–Crippen MR) is 39.6 cm³/mol. The first-order valence-electron chi connectivity index (χ1n) is 3.51. The van der Waals surface area contributed by atoms with Gasteiger partial charge in [0.05, 0.1) is 20.3 Å². The van der Waals surface area contributed by atoms with Gasteiger partial charge >= 0.3 is 12.1 Å². The maximum Gasteiger partial charge on any atom is 0.508 e. The first-order chi connectivity index (χ1) is 5.66. The van der Waals surface area contributed by atoms with E-state index in [2.05, 4.69) is 14.2 Å². The predicted octanol–water partition coefficient (Wildman–Crippen LogP) is 0.723. The number of methoxy groups -OCH3 is 1. The first kappa shape index (κ1) is 10.7. The molecule has 0 aromatic heterocycles. The van der Waals surface area contributed by atoms with Crippen LogP contribution >= 0.6 is 0 Å². The van der Waals surface area contributed by atoms with Crippen molar-refractivity contribution in [3.05, 3.63) is 0 Å². The molecule has 5 nitrogen and oxygen atoms in total. The average molecular weight is 176 g/mol. The highest BCUT2D eigenvalue weighted by molar-refractivity contribution is 5.65. The average Bonchev–Trinajstić information content (AvgIpc) is 2.07. The van der Waals surface area contributed by atoms with Gasteiger partial charge in [0.25, 0.3) is 0 Å². The zero-order valence-corrected chi connectivity index (χ0v) is 7.16. The summed E-state index contributed by atoms with van der Waals surface area (Å²) in [5.74, 6) is -0.245. The Morgan fingerprint density at radius 2 is 1.83 bits per heavy atom. The van der Waals surface area contributed by atoms with E-state index in [1.54, 1.807) is 0 Å². The van der Waals surface area contributed by atoms with Gasteiger partial charge in [-0.25, -0.2) is 4.79 Å². The zero-order valence-electron chi connectivity index (χ0n) is 7.16. The Hall–Kier alpha value is -1.26. The minimum Gasteiger partial charge on any atom is -0.469 e. The van der Waals surface area contributed by atoms with Crippen LogP contribution in [0.25, 0.3) is 0 Å². The van der Waals surface area contributed by atoms with Crippen LogP contribution in [-0.2, 0) is 19.0 Å². The van der Waals surface area contributed by atoms with E-state index < -0.39 is 6.16 Å². The maximum absolute atomic E-state index is 10.0. The van der Waals surface area contributed by atoms with E-state index in [-0.39, 0.29) is 5.97 Å². The topological polar surface area (TPSA) is 61.8 Å². The summed E-state index contributed by atoms with van der Waals surface area (Å²) in [6.45, 7) is 2.39. The van der Waals surface area contributed by atoms with Gasteiger partial charge in [-0.15, -0.1) is 0 Å². The van der Waals surface area contributed by atoms with Gasteiger partial charge in [-0.1, -0.05) is 0 Å². The quantitative estimate of drug-likeness (QED) is 0.509. The molecule has 0 aliphatic carbocycles. The van der Waals surface area contributed by atoms with Crippen LogP contribution in [0.5, 0.6) is 0 Å². The van der Waals surface area contributed by atoms with E-state index in [1.807, 2.05) is 0 Å². The summed E-state index contributed by atoms with van der Waals surface area (Å²) in [7, 11) is 1.35. The third-order valence-electron chi connectivity index (χ3n) is 1.02. The Bertz CT molecular complexity index is 146. The van der Waals surface area contributed by atoms with Crippen molar-refractivity contribution in [3.8, 4) is 0 Å². The molecule has 0 atom stereocenters. The summed E-state index contributed by atoms with van der Waals surface area (Å²) >= 11 is 0. The number of esters is 1. The van der Waals surface area contributed by atoms with Crippen LogP contribution in [0, 0.1) is 0 Å². The largest absolute Gasteiger partial charge is 0.508 e. The number of hydrogen-bond donors (Lipinski definition) is 0. The standard InChI is InChI=1S/C4H6O3.C3H6O2/c5-4-6-2-1-3-7-4;1-3(4)5-2/h1-3H2;1-2H3. The Morgan fingerprint density at radius 1 is 1.42 bits per heavy atom. The Kier molecular flexibility index (Phi) is 5.77. The molecule has 0 aromatic rings. The van der Waals surface area contributed by atoms with Crippen molar-refractivity contribution >= 4 is 12.1 Å². The smallest absolute Gasteiger partial charge is 0.469 e. The van der Waals surface area contributed by atoms with Crippen molar-refractivity contribution in [2.24, 2.45) is 0 Å². The van der Waals surface area contributed by atoms with Crippen LogP contribution in [0.3, 0.4) is 0 Å². The Labute approximate surface area is 70.6 Å². The minimum absolute atomic E-state index is 0.245. The molecule has 0 bridgehead atoms. The number of ether oxygens (including phenoxy) is 3. The fourth-order valence-corrected chi connectivity index (χ4v) is 0.412. The third-order valence-corrected chi connectivity index (χ3v) is 1.02. The molecule has 1 aliphatic rings. The van der Waals surface area contributed by atoms with Crippen molar-refractivity contribution < 1.29 is 23.8 Å². The zero-order chi connectivity index (χ0) is 9.40. The van der Waals surface area contributed by atoms with E-state index >= 15 is 0 Å². The van der Waals surface area contributed by atoms with Crippen molar-refractivity contribution in [3.63, 3.8) is 0 Å². The Morgan fingerprint density at radius 3 is 2.00 bits per heavy atom. The molecule has 12 heavy (non-hydrogen) atoms. The molecular weight excluding hydrogens is 164 g/mol. The molecule has 0 saturated carbocycles. The van der Waals surface area contributed by atoms with E-state index in [0.29, 0.717) is 13.2 Å². The summed E-state index contributed by atoms with van der Waals surface area (Å²) in [4.78, 5) is 19.6. The first-order valence-corrected chi connectivity index (χ1v) is 3.51. The van der Waals surface area contributed by atoms with Crippen LogP contribution in [0.1, 0.15) is 13.3 Å². The molecule has 1 rings (SSSR count). The van der Waals surface area contributed by atoms with Gasteiger partial charge in [-0.3, -0.25) is 4.79 Å².